The van der Waals surface area contributed by atoms with Crippen LogP contribution in [-0.4, -0.2) is 17.7 Å². The summed E-state index contributed by atoms with van der Waals surface area (Å²) in [6.45, 7) is 4.59. The SMILES string of the molecule is CCCC(Cc1ccc(OCC)cc1)C(=O)O. The van der Waals surface area contributed by atoms with Crippen LogP contribution in [0.2, 0.25) is 0 Å². The van der Waals surface area contributed by atoms with Gasteiger partial charge >= 0.3 is 5.97 Å². The van der Waals surface area contributed by atoms with Gasteiger partial charge in [0.25, 0.3) is 0 Å². The standard InChI is InChI=1S/C14H20O3/c1-3-5-12(14(15)16)10-11-6-8-13(9-7-11)17-4-2/h6-9,12H,3-5,10H2,1-2H3,(H,15,16). The first kappa shape index (κ1) is 13.6. The Kier molecular flexibility index (Phi) is 5.53. The molecule has 1 rings (SSSR count). The lowest BCUT2D eigenvalue weighted by Gasteiger charge is -2.11. The first-order valence-electron chi connectivity index (χ1n) is 6.11. The van der Waals surface area contributed by atoms with Crippen LogP contribution >= 0.6 is 0 Å². The van der Waals surface area contributed by atoms with Gasteiger partial charge < -0.3 is 9.84 Å². The Morgan fingerprint density at radius 1 is 1.29 bits per heavy atom. The van der Waals surface area contributed by atoms with Crippen molar-refractivity contribution in [2.24, 2.45) is 5.92 Å². The van der Waals surface area contributed by atoms with Gasteiger partial charge in [-0.3, -0.25) is 4.79 Å². The van der Waals surface area contributed by atoms with Crippen molar-refractivity contribution in [2.45, 2.75) is 33.1 Å². The summed E-state index contributed by atoms with van der Waals surface area (Å²) in [4.78, 5) is 11.0. The van der Waals surface area contributed by atoms with Gasteiger partial charge in [-0.2, -0.15) is 0 Å². The van der Waals surface area contributed by atoms with E-state index in [-0.39, 0.29) is 5.92 Å². The molecule has 17 heavy (non-hydrogen) atoms. The molecule has 0 aliphatic carbocycles. The zero-order valence-corrected chi connectivity index (χ0v) is 10.5. The molecule has 0 fully saturated rings. The second kappa shape index (κ2) is 6.94. The van der Waals surface area contributed by atoms with E-state index in [1.54, 1.807) is 0 Å². The third-order valence-corrected chi connectivity index (χ3v) is 2.70. The van der Waals surface area contributed by atoms with Gasteiger partial charge in [0, 0.05) is 0 Å². The Labute approximate surface area is 102 Å². The fraction of sp³-hybridized carbons (Fsp3) is 0.500. The van der Waals surface area contributed by atoms with Crippen molar-refractivity contribution in [3.63, 3.8) is 0 Å². The van der Waals surface area contributed by atoms with Gasteiger partial charge in [-0.1, -0.05) is 25.5 Å². The van der Waals surface area contributed by atoms with Gasteiger partial charge in [0.2, 0.25) is 0 Å². The predicted octanol–water partition coefficient (Wildman–Crippen LogP) is 3.13. The minimum Gasteiger partial charge on any atom is -0.494 e. The molecule has 3 nitrogen and oxygen atoms in total. The van der Waals surface area contributed by atoms with Crippen LogP contribution in [0.3, 0.4) is 0 Å². The molecule has 1 atom stereocenters. The molecule has 1 unspecified atom stereocenters. The Balaban J connectivity index is 2.63. The molecule has 94 valence electrons. The van der Waals surface area contributed by atoms with Crippen LogP contribution in [0.1, 0.15) is 32.3 Å². The zero-order valence-electron chi connectivity index (χ0n) is 10.5. The molecular formula is C14H20O3. The average molecular weight is 236 g/mol. The molecule has 0 radical (unpaired) electrons. The van der Waals surface area contributed by atoms with E-state index >= 15 is 0 Å². The molecule has 1 aromatic carbocycles. The van der Waals surface area contributed by atoms with E-state index in [0.717, 1.165) is 24.2 Å². The van der Waals surface area contributed by atoms with Crippen LogP contribution in [0.5, 0.6) is 5.75 Å². The summed E-state index contributed by atoms with van der Waals surface area (Å²) in [5.74, 6) is -0.155. The highest BCUT2D eigenvalue weighted by molar-refractivity contribution is 5.70. The maximum atomic E-state index is 11.0. The molecular weight excluding hydrogens is 216 g/mol. The summed E-state index contributed by atoms with van der Waals surface area (Å²) in [5, 5.41) is 9.08. The summed E-state index contributed by atoms with van der Waals surface area (Å²) in [6.07, 6.45) is 2.21. The zero-order chi connectivity index (χ0) is 12.7. The number of carboxylic acid groups (broad SMARTS) is 1. The number of carbonyl (C=O) groups is 1. The third kappa shape index (κ3) is 4.47. The molecule has 0 aromatic heterocycles. The van der Waals surface area contributed by atoms with Gasteiger partial charge in [0.05, 0.1) is 12.5 Å². The Bertz CT molecular complexity index is 343. The monoisotopic (exact) mass is 236 g/mol. The summed E-state index contributed by atoms with van der Waals surface area (Å²) < 4.78 is 5.34. The lowest BCUT2D eigenvalue weighted by molar-refractivity contribution is -0.141. The minimum atomic E-state index is -0.708. The molecule has 0 aliphatic heterocycles. The molecule has 3 heteroatoms. The molecule has 0 heterocycles. The number of ether oxygens (including phenoxy) is 1. The summed E-state index contributed by atoms with van der Waals surface area (Å²) >= 11 is 0. The highest BCUT2D eigenvalue weighted by Gasteiger charge is 2.16. The van der Waals surface area contributed by atoms with Crippen LogP contribution in [0, 0.1) is 5.92 Å². The highest BCUT2D eigenvalue weighted by atomic mass is 16.5. The first-order valence-corrected chi connectivity index (χ1v) is 6.11. The lowest BCUT2D eigenvalue weighted by Crippen LogP contribution is -2.16. The second-order valence-electron chi connectivity index (χ2n) is 4.10. The number of hydrogen-bond donors (Lipinski definition) is 1. The van der Waals surface area contributed by atoms with E-state index in [1.165, 1.54) is 0 Å². The third-order valence-electron chi connectivity index (χ3n) is 2.70. The molecule has 0 saturated carbocycles. The van der Waals surface area contributed by atoms with E-state index in [2.05, 4.69) is 0 Å². The number of rotatable bonds is 7. The molecule has 0 saturated heterocycles. The molecule has 1 N–H and O–H groups in total. The first-order chi connectivity index (χ1) is 8.17. The van der Waals surface area contributed by atoms with Gasteiger partial charge in [-0.25, -0.2) is 0 Å². The maximum absolute atomic E-state index is 11.0. The summed E-state index contributed by atoms with van der Waals surface area (Å²) in [6, 6.07) is 7.67. The van der Waals surface area contributed by atoms with Crippen molar-refractivity contribution in [3.05, 3.63) is 29.8 Å². The largest absolute Gasteiger partial charge is 0.494 e. The van der Waals surface area contributed by atoms with Crippen molar-refractivity contribution in [1.29, 1.82) is 0 Å². The Morgan fingerprint density at radius 2 is 1.94 bits per heavy atom. The van der Waals surface area contributed by atoms with Crippen LogP contribution in [0.15, 0.2) is 24.3 Å². The van der Waals surface area contributed by atoms with E-state index < -0.39 is 5.97 Å². The topological polar surface area (TPSA) is 46.5 Å². The van der Waals surface area contributed by atoms with Crippen molar-refractivity contribution in [3.8, 4) is 5.75 Å². The Hall–Kier alpha value is -1.51. The van der Waals surface area contributed by atoms with E-state index in [4.69, 9.17) is 9.84 Å². The second-order valence-corrected chi connectivity index (χ2v) is 4.10. The molecule has 0 aliphatic rings. The van der Waals surface area contributed by atoms with Crippen LogP contribution < -0.4 is 4.74 Å². The normalized spacial score (nSPS) is 12.1. The summed E-state index contributed by atoms with van der Waals surface area (Å²) in [7, 11) is 0. The van der Waals surface area contributed by atoms with Crippen molar-refractivity contribution < 1.29 is 14.6 Å². The lowest BCUT2D eigenvalue weighted by atomic mass is 9.95. The van der Waals surface area contributed by atoms with E-state index in [9.17, 15) is 4.79 Å². The minimum absolute atomic E-state index is 0.280. The van der Waals surface area contributed by atoms with Gasteiger partial charge in [-0.05, 0) is 37.5 Å². The van der Waals surface area contributed by atoms with Crippen molar-refractivity contribution >= 4 is 5.97 Å². The van der Waals surface area contributed by atoms with Crippen LogP contribution in [0.25, 0.3) is 0 Å². The van der Waals surface area contributed by atoms with Crippen LogP contribution in [0.4, 0.5) is 0 Å². The van der Waals surface area contributed by atoms with Gasteiger partial charge in [-0.15, -0.1) is 0 Å². The quantitative estimate of drug-likeness (QED) is 0.791. The molecule has 0 amide bonds. The number of aliphatic carboxylic acids is 1. The number of carboxylic acids is 1. The van der Waals surface area contributed by atoms with Crippen molar-refractivity contribution in [1.82, 2.24) is 0 Å². The average Bonchev–Trinajstić information content (AvgIpc) is 2.31. The maximum Gasteiger partial charge on any atom is 0.306 e. The van der Waals surface area contributed by atoms with E-state index in [0.29, 0.717) is 13.0 Å². The smallest absolute Gasteiger partial charge is 0.306 e. The fourth-order valence-electron chi connectivity index (χ4n) is 1.83. The molecule has 0 spiro atoms. The highest BCUT2D eigenvalue weighted by Crippen LogP contribution is 2.18. The van der Waals surface area contributed by atoms with Crippen LogP contribution in [-0.2, 0) is 11.2 Å². The fourth-order valence-corrected chi connectivity index (χ4v) is 1.83. The van der Waals surface area contributed by atoms with Gasteiger partial charge in [0.15, 0.2) is 0 Å². The summed E-state index contributed by atoms with van der Waals surface area (Å²) in [5.41, 5.74) is 1.05. The number of hydrogen-bond acceptors (Lipinski definition) is 2. The molecule has 1 aromatic rings. The number of benzene rings is 1. The predicted molar refractivity (Wildman–Crippen MR) is 67.3 cm³/mol. The molecule has 0 bridgehead atoms. The van der Waals surface area contributed by atoms with E-state index in [1.807, 2.05) is 38.1 Å². The Morgan fingerprint density at radius 3 is 2.41 bits per heavy atom. The van der Waals surface area contributed by atoms with Gasteiger partial charge in [0.1, 0.15) is 5.75 Å². The van der Waals surface area contributed by atoms with Crippen molar-refractivity contribution in [2.75, 3.05) is 6.61 Å².